The number of hydrogen-bond acceptors (Lipinski definition) is 13. The van der Waals surface area contributed by atoms with Crippen molar-refractivity contribution in [2.45, 2.75) is 119 Å². The number of hydrogen-bond donors (Lipinski definition) is 7. The largest absolute Gasteiger partial charge is 0.455 e. The summed E-state index contributed by atoms with van der Waals surface area (Å²) >= 11 is 0. The number of aliphatic hydroxyl groups excluding tert-OH is 6. The van der Waals surface area contributed by atoms with Crippen molar-refractivity contribution in [1.82, 2.24) is 0 Å². The first-order chi connectivity index (χ1) is 20.9. The quantitative estimate of drug-likeness (QED) is 0.167. The summed E-state index contributed by atoms with van der Waals surface area (Å²) in [5.41, 5.74) is -1.88. The van der Waals surface area contributed by atoms with Crippen molar-refractivity contribution in [3.8, 4) is 0 Å². The number of fused-ring (bicyclic) bond motifs is 5. The smallest absolute Gasteiger partial charge is 0.331 e. The van der Waals surface area contributed by atoms with Crippen LogP contribution >= 0.6 is 0 Å². The molecule has 7 aliphatic rings. The van der Waals surface area contributed by atoms with Crippen molar-refractivity contribution in [3.05, 3.63) is 11.6 Å². The number of esters is 1. The van der Waals surface area contributed by atoms with Gasteiger partial charge in [0.25, 0.3) is 0 Å². The van der Waals surface area contributed by atoms with Gasteiger partial charge in [0.05, 0.1) is 32.0 Å². The lowest BCUT2D eigenvalue weighted by Crippen LogP contribution is -2.62. The molecule has 2 saturated heterocycles. The molecule has 44 heavy (non-hydrogen) atoms. The molecule has 4 saturated carbocycles. The van der Waals surface area contributed by atoms with Gasteiger partial charge in [0.15, 0.2) is 12.6 Å². The van der Waals surface area contributed by atoms with E-state index in [1.165, 1.54) is 0 Å². The van der Waals surface area contributed by atoms with E-state index in [-0.39, 0.29) is 54.6 Å². The highest BCUT2D eigenvalue weighted by atomic mass is 16.7. The molecule has 7 N–H and O–H groups in total. The van der Waals surface area contributed by atoms with Crippen molar-refractivity contribution < 1.29 is 64.2 Å². The molecule has 13 nitrogen and oxygen atoms in total. The molecule has 3 aliphatic heterocycles. The van der Waals surface area contributed by atoms with Gasteiger partial charge in [-0.25, -0.2) is 4.79 Å². The van der Waals surface area contributed by atoms with Gasteiger partial charge in [0, 0.05) is 6.08 Å². The molecule has 7 rings (SSSR count). The van der Waals surface area contributed by atoms with Crippen LogP contribution in [0.2, 0.25) is 0 Å². The van der Waals surface area contributed by atoms with Gasteiger partial charge in [-0.2, -0.15) is 0 Å². The van der Waals surface area contributed by atoms with Crippen molar-refractivity contribution in [3.63, 3.8) is 0 Å². The maximum atomic E-state index is 12.1. The summed E-state index contributed by atoms with van der Waals surface area (Å²) in [6.45, 7) is 0.584. The average Bonchev–Trinajstić information content (AvgIpc) is 3.61. The molecule has 0 unspecified atom stereocenters. The Morgan fingerprint density at radius 3 is 2.50 bits per heavy atom. The SMILES string of the molecule is C[C@@]12CC[C@H]3OC(=O)C=C3[C@H]1CC[C@@]13C[C@H](CC[C@H]12)[C@](CO)(O[C@@H]1O[C@H](CO[C@@H]2OC[C@](O)(CO)[C@H]2O)[C@@H](O)[C@H](O)[C@H]1O)C3. The van der Waals surface area contributed by atoms with E-state index in [4.69, 9.17) is 23.7 Å². The van der Waals surface area contributed by atoms with E-state index in [0.29, 0.717) is 12.3 Å². The highest BCUT2D eigenvalue weighted by molar-refractivity contribution is 5.86. The van der Waals surface area contributed by atoms with Gasteiger partial charge in [-0.05, 0) is 85.5 Å². The molecule has 0 aromatic rings. The predicted molar refractivity (Wildman–Crippen MR) is 147 cm³/mol. The molecule has 0 aromatic carbocycles. The summed E-state index contributed by atoms with van der Waals surface area (Å²) in [6, 6.07) is 0. The van der Waals surface area contributed by atoms with Crippen molar-refractivity contribution in [1.29, 1.82) is 0 Å². The van der Waals surface area contributed by atoms with Crippen molar-refractivity contribution in [2.75, 3.05) is 26.4 Å². The highest BCUT2D eigenvalue weighted by Gasteiger charge is 2.68. The van der Waals surface area contributed by atoms with E-state index in [1.54, 1.807) is 6.08 Å². The van der Waals surface area contributed by atoms with Crippen LogP contribution in [0.4, 0.5) is 0 Å². The molecule has 0 radical (unpaired) electrons. The van der Waals surface area contributed by atoms with Crippen LogP contribution in [0.25, 0.3) is 0 Å². The van der Waals surface area contributed by atoms with Gasteiger partial charge < -0.3 is 59.4 Å². The first-order valence-electron chi connectivity index (χ1n) is 16.0. The van der Waals surface area contributed by atoms with Crippen LogP contribution < -0.4 is 0 Å². The molecule has 3 heterocycles. The average molecular weight is 627 g/mol. The summed E-state index contributed by atoms with van der Waals surface area (Å²) in [4.78, 5) is 12.1. The topological polar surface area (TPSA) is 205 Å². The Bertz CT molecular complexity index is 1170. The third-order valence-corrected chi connectivity index (χ3v) is 12.7. The summed E-state index contributed by atoms with van der Waals surface area (Å²) in [6.07, 6.45) is -1.77. The number of aliphatic hydroxyl groups is 7. The molecule has 15 atom stereocenters. The van der Waals surface area contributed by atoms with Gasteiger partial charge in [0.2, 0.25) is 0 Å². The van der Waals surface area contributed by atoms with Gasteiger partial charge in [-0.3, -0.25) is 0 Å². The lowest BCUT2D eigenvalue weighted by molar-refractivity contribution is -0.340. The van der Waals surface area contributed by atoms with Gasteiger partial charge >= 0.3 is 5.97 Å². The van der Waals surface area contributed by atoms with E-state index in [0.717, 1.165) is 50.5 Å². The molecular weight excluding hydrogens is 580 g/mol. The van der Waals surface area contributed by atoms with E-state index in [9.17, 15) is 40.5 Å². The fraction of sp³-hybridized carbons (Fsp3) is 0.903. The highest BCUT2D eigenvalue weighted by Crippen LogP contribution is 2.72. The molecular formula is C31H46O13. The molecule has 13 heteroatoms. The zero-order chi connectivity index (χ0) is 31.2. The first kappa shape index (κ1) is 31.4. The maximum absolute atomic E-state index is 12.1. The number of carbonyl (C=O) groups excluding carboxylic acids is 1. The minimum absolute atomic E-state index is 0.00327. The molecule has 0 aromatic heterocycles. The van der Waals surface area contributed by atoms with Crippen molar-refractivity contribution in [2.24, 2.45) is 28.6 Å². The molecule has 2 bridgehead atoms. The Morgan fingerprint density at radius 2 is 1.77 bits per heavy atom. The fourth-order valence-corrected chi connectivity index (χ4v) is 10.4. The minimum atomic E-state index is -1.89. The first-order valence-corrected chi connectivity index (χ1v) is 16.0. The zero-order valence-corrected chi connectivity index (χ0v) is 25.0. The summed E-state index contributed by atoms with van der Waals surface area (Å²) in [7, 11) is 0. The third kappa shape index (κ3) is 4.57. The van der Waals surface area contributed by atoms with Crippen LogP contribution in [0.3, 0.4) is 0 Å². The second-order valence-corrected chi connectivity index (χ2v) is 14.9. The second-order valence-electron chi connectivity index (χ2n) is 14.9. The summed E-state index contributed by atoms with van der Waals surface area (Å²) < 4.78 is 28.9. The Morgan fingerprint density at radius 1 is 0.977 bits per heavy atom. The van der Waals surface area contributed by atoms with Crippen LogP contribution in [0.5, 0.6) is 0 Å². The van der Waals surface area contributed by atoms with E-state index < -0.39 is 60.9 Å². The number of ether oxygens (including phenoxy) is 5. The van der Waals surface area contributed by atoms with Crippen LogP contribution in [0.1, 0.15) is 58.3 Å². The number of rotatable bonds is 7. The van der Waals surface area contributed by atoms with Gasteiger partial charge in [-0.15, -0.1) is 0 Å². The molecule has 248 valence electrons. The van der Waals surface area contributed by atoms with Gasteiger partial charge in [0.1, 0.15) is 42.2 Å². The summed E-state index contributed by atoms with van der Waals surface area (Å²) in [5.74, 6) is 0.401. The minimum Gasteiger partial charge on any atom is -0.455 e. The number of carbonyl (C=O) groups is 1. The zero-order valence-electron chi connectivity index (χ0n) is 25.0. The Labute approximate surface area is 255 Å². The maximum Gasteiger partial charge on any atom is 0.331 e. The fourth-order valence-electron chi connectivity index (χ4n) is 10.4. The Hall–Kier alpha value is -1.23. The lowest BCUT2D eigenvalue weighted by atomic mass is 9.44. The Balaban J connectivity index is 1.07. The van der Waals surface area contributed by atoms with Gasteiger partial charge in [-0.1, -0.05) is 6.92 Å². The van der Waals surface area contributed by atoms with Crippen LogP contribution in [0, 0.1) is 28.6 Å². The predicted octanol–water partition coefficient (Wildman–Crippen LogP) is -1.13. The van der Waals surface area contributed by atoms with Crippen LogP contribution in [0.15, 0.2) is 11.6 Å². The standard InChI is InChI=1S/C31H46O13/c1-28-6-5-18-16(8-21(34)42-18)17(28)4-7-29-9-15(2-3-20(28)29)31(11-29,13-33)44-26-24(37)23(36)22(35)19(43-26)10-40-27-25(38)30(39,12-32)14-41-27/h8,15,17-20,22-27,32-33,35-39H,2-7,9-14H2,1H3/t15-,17+,18+,19+,20-,22+,23-,24+,25-,26-,27+,28+,29-,30+,31-/m0/s1. The summed E-state index contributed by atoms with van der Waals surface area (Å²) in [5, 5.41) is 73.2. The monoisotopic (exact) mass is 626 g/mol. The molecule has 4 aliphatic carbocycles. The second kappa shape index (κ2) is 10.9. The molecule has 1 spiro atoms. The van der Waals surface area contributed by atoms with Crippen molar-refractivity contribution >= 4 is 5.97 Å². The van der Waals surface area contributed by atoms with E-state index >= 15 is 0 Å². The molecule has 6 fully saturated rings. The molecule has 0 amide bonds. The Kier molecular flexibility index (Phi) is 7.78. The van der Waals surface area contributed by atoms with Crippen LogP contribution in [-0.2, 0) is 28.5 Å². The van der Waals surface area contributed by atoms with E-state index in [2.05, 4.69) is 6.92 Å². The van der Waals surface area contributed by atoms with Crippen LogP contribution in [-0.4, -0.2) is 129 Å². The van der Waals surface area contributed by atoms with E-state index in [1.807, 2.05) is 0 Å². The normalized spacial score (nSPS) is 54.8. The lowest BCUT2D eigenvalue weighted by Gasteiger charge is -2.60. The third-order valence-electron chi connectivity index (χ3n) is 12.7.